The molecule has 2 fully saturated rings. The van der Waals surface area contributed by atoms with Crippen LogP contribution >= 0.6 is 0 Å². The first-order valence-corrected chi connectivity index (χ1v) is 9.42. The molecule has 2 N–H and O–H groups in total. The molecule has 3 rings (SSSR count). The number of aromatic nitrogens is 2. The molecule has 0 radical (unpaired) electrons. The molecule has 1 aliphatic heterocycles. The molecular formula is C18H29N5O2. The molecule has 0 unspecified atom stereocenters. The number of carbonyl (C=O) groups is 2. The second kappa shape index (κ2) is 8.36. The average molecular weight is 347 g/mol. The maximum atomic E-state index is 12.7. The lowest BCUT2D eigenvalue weighted by atomic mass is 9.90. The number of hydrogen-bond donors (Lipinski definition) is 2. The fourth-order valence-electron chi connectivity index (χ4n) is 4.03. The van der Waals surface area contributed by atoms with Crippen molar-refractivity contribution >= 4 is 11.9 Å². The van der Waals surface area contributed by atoms with Crippen LogP contribution < -0.4 is 10.6 Å². The Balaban J connectivity index is 1.51. The Labute approximate surface area is 149 Å². The van der Waals surface area contributed by atoms with Gasteiger partial charge in [0.25, 0.3) is 0 Å². The summed E-state index contributed by atoms with van der Waals surface area (Å²) in [6, 6.07) is 2.36. The molecular weight excluding hydrogens is 318 g/mol. The van der Waals surface area contributed by atoms with Crippen molar-refractivity contribution in [1.29, 1.82) is 0 Å². The summed E-state index contributed by atoms with van der Waals surface area (Å²) in [7, 11) is 1.67. The molecule has 0 spiro atoms. The summed E-state index contributed by atoms with van der Waals surface area (Å²) >= 11 is 0. The van der Waals surface area contributed by atoms with Gasteiger partial charge in [-0.3, -0.25) is 9.48 Å². The van der Waals surface area contributed by atoms with E-state index in [1.807, 2.05) is 21.8 Å². The van der Waals surface area contributed by atoms with Gasteiger partial charge in [-0.25, -0.2) is 4.79 Å². The number of carbonyl (C=O) groups excluding carboxylic acids is 2. The smallest absolute Gasteiger partial charge is 0.317 e. The zero-order valence-corrected chi connectivity index (χ0v) is 15.0. The van der Waals surface area contributed by atoms with Crippen LogP contribution in [0.2, 0.25) is 0 Å². The minimum Gasteiger partial charge on any atom is -0.359 e. The molecule has 3 amide bonds. The third kappa shape index (κ3) is 4.52. The predicted molar refractivity (Wildman–Crippen MR) is 95.0 cm³/mol. The second-order valence-corrected chi connectivity index (χ2v) is 7.20. The fraction of sp³-hybridized carbons (Fsp3) is 0.722. The Morgan fingerprint density at radius 2 is 1.92 bits per heavy atom. The van der Waals surface area contributed by atoms with Gasteiger partial charge in [-0.15, -0.1) is 0 Å². The van der Waals surface area contributed by atoms with Crippen LogP contribution in [0.15, 0.2) is 18.5 Å². The van der Waals surface area contributed by atoms with E-state index in [1.54, 1.807) is 13.2 Å². The molecule has 2 atom stereocenters. The molecule has 0 aromatic carbocycles. The Hall–Kier alpha value is -2.05. The highest BCUT2D eigenvalue weighted by Crippen LogP contribution is 2.28. The van der Waals surface area contributed by atoms with Crippen molar-refractivity contribution in [1.82, 2.24) is 25.3 Å². The van der Waals surface area contributed by atoms with Crippen molar-refractivity contribution in [2.45, 2.75) is 57.0 Å². The van der Waals surface area contributed by atoms with Gasteiger partial charge in [-0.1, -0.05) is 12.8 Å². The zero-order valence-electron chi connectivity index (χ0n) is 15.0. The van der Waals surface area contributed by atoms with Gasteiger partial charge in [0.15, 0.2) is 0 Å². The van der Waals surface area contributed by atoms with Gasteiger partial charge >= 0.3 is 6.03 Å². The molecule has 1 saturated carbocycles. The summed E-state index contributed by atoms with van der Waals surface area (Å²) in [5.41, 5.74) is 0. The van der Waals surface area contributed by atoms with Crippen LogP contribution in [0, 0.1) is 5.92 Å². The molecule has 25 heavy (non-hydrogen) atoms. The van der Waals surface area contributed by atoms with Crippen molar-refractivity contribution < 1.29 is 9.59 Å². The van der Waals surface area contributed by atoms with Gasteiger partial charge < -0.3 is 15.5 Å². The lowest BCUT2D eigenvalue weighted by molar-refractivity contribution is -0.121. The predicted octanol–water partition coefficient (Wildman–Crippen LogP) is 1.92. The molecule has 1 aromatic rings. The number of likely N-dealkylation sites (tertiary alicyclic amines) is 1. The van der Waals surface area contributed by atoms with Crippen LogP contribution in [0.5, 0.6) is 0 Å². The molecule has 7 nitrogen and oxygen atoms in total. The van der Waals surface area contributed by atoms with Crippen LogP contribution in [-0.2, 0) is 4.79 Å². The number of nitrogens with zero attached hydrogens (tertiary/aromatic N) is 3. The Morgan fingerprint density at radius 3 is 2.60 bits per heavy atom. The topological polar surface area (TPSA) is 79.3 Å². The molecule has 1 aliphatic carbocycles. The third-order valence-corrected chi connectivity index (χ3v) is 5.56. The van der Waals surface area contributed by atoms with E-state index in [-0.39, 0.29) is 24.0 Å². The van der Waals surface area contributed by atoms with Gasteiger partial charge in [-0.2, -0.15) is 5.10 Å². The zero-order chi connectivity index (χ0) is 17.6. The number of rotatable bonds is 4. The Kier molecular flexibility index (Phi) is 5.94. The standard InChI is InChI=1S/C18H29N5O2/c1-19-17(24)13-14-7-11-22(12-8-14)18(25)21-15-5-2-3-6-16(15)23-10-4-9-20-23/h4,9-10,14-16H,2-3,5-8,11-13H2,1H3,(H,19,24)(H,21,25)/t15-,16-/m1/s1. The summed E-state index contributed by atoms with van der Waals surface area (Å²) < 4.78 is 1.99. The van der Waals surface area contributed by atoms with E-state index in [4.69, 9.17) is 0 Å². The second-order valence-electron chi connectivity index (χ2n) is 7.20. The minimum atomic E-state index is 0.0300. The number of hydrogen-bond acceptors (Lipinski definition) is 3. The monoisotopic (exact) mass is 347 g/mol. The number of urea groups is 1. The summed E-state index contributed by atoms with van der Waals surface area (Å²) in [5, 5.41) is 10.3. The lowest BCUT2D eigenvalue weighted by Gasteiger charge is -2.36. The van der Waals surface area contributed by atoms with Crippen molar-refractivity contribution in [2.24, 2.45) is 5.92 Å². The fourth-order valence-corrected chi connectivity index (χ4v) is 4.03. The van der Waals surface area contributed by atoms with Crippen LogP contribution in [0.4, 0.5) is 4.79 Å². The number of amides is 3. The summed E-state index contributed by atoms with van der Waals surface area (Å²) in [5.74, 6) is 0.475. The molecule has 7 heteroatoms. The Morgan fingerprint density at radius 1 is 1.16 bits per heavy atom. The first-order valence-electron chi connectivity index (χ1n) is 9.42. The van der Waals surface area contributed by atoms with Gasteiger partial charge in [-0.05, 0) is 37.7 Å². The van der Waals surface area contributed by atoms with Crippen LogP contribution in [0.3, 0.4) is 0 Å². The SMILES string of the molecule is CNC(=O)CC1CCN(C(=O)N[C@@H]2CCCC[C@H]2n2cccn2)CC1. The van der Waals surface area contributed by atoms with Gasteiger partial charge in [0.05, 0.1) is 12.1 Å². The average Bonchev–Trinajstić information content (AvgIpc) is 3.17. The van der Waals surface area contributed by atoms with Crippen LogP contribution in [-0.4, -0.2) is 52.8 Å². The van der Waals surface area contributed by atoms with E-state index < -0.39 is 0 Å². The molecule has 2 heterocycles. The van der Waals surface area contributed by atoms with E-state index in [9.17, 15) is 9.59 Å². The maximum absolute atomic E-state index is 12.7. The quantitative estimate of drug-likeness (QED) is 0.873. The van der Waals surface area contributed by atoms with Crippen molar-refractivity contribution in [3.8, 4) is 0 Å². The van der Waals surface area contributed by atoms with Gasteiger partial charge in [0, 0.05) is 39.0 Å². The van der Waals surface area contributed by atoms with Crippen molar-refractivity contribution in [2.75, 3.05) is 20.1 Å². The van der Waals surface area contributed by atoms with E-state index >= 15 is 0 Å². The highest BCUT2D eigenvalue weighted by molar-refractivity contribution is 5.76. The van der Waals surface area contributed by atoms with Crippen LogP contribution in [0.25, 0.3) is 0 Å². The summed E-state index contributed by atoms with van der Waals surface area (Å²) in [6.07, 6.45) is 10.5. The van der Waals surface area contributed by atoms with E-state index in [2.05, 4.69) is 15.7 Å². The van der Waals surface area contributed by atoms with E-state index in [0.29, 0.717) is 12.3 Å². The number of piperidine rings is 1. The molecule has 1 saturated heterocycles. The Bertz CT molecular complexity index is 566. The normalized spacial score (nSPS) is 24.8. The highest BCUT2D eigenvalue weighted by Gasteiger charge is 2.31. The summed E-state index contributed by atoms with van der Waals surface area (Å²) in [4.78, 5) is 26.1. The maximum Gasteiger partial charge on any atom is 0.317 e. The largest absolute Gasteiger partial charge is 0.359 e. The summed E-state index contributed by atoms with van der Waals surface area (Å²) in [6.45, 7) is 1.46. The first-order chi connectivity index (χ1) is 12.2. The molecule has 2 aliphatic rings. The van der Waals surface area contributed by atoms with Crippen molar-refractivity contribution in [3.05, 3.63) is 18.5 Å². The highest BCUT2D eigenvalue weighted by atomic mass is 16.2. The van der Waals surface area contributed by atoms with E-state index in [1.165, 1.54) is 6.42 Å². The minimum absolute atomic E-state index is 0.0300. The molecule has 0 bridgehead atoms. The molecule has 138 valence electrons. The van der Waals surface area contributed by atoms with Gasteiger partial charge in [0.2, 0.25) is 5.91 Å². The van der Waals surface area contributed by atoms with Crippen LogP contribution in [0.1, 0.15) is 51.0 Å². The van der Waals surface area contributed by atoms with E-state index in [0.717, 1.165) is 45.2 Å². The third-order valence-electron chi connectivity index (χ3n) is 5.56. The lowest BCUT2D eigenvalue weighted by Crippen LogP contribution is -2.51. The van der Waals surface area contributed by atoms with Gasteiger partial charge in [0.1, 0.15) is 0 Å². The first kappa shape index (κ1) is 17.8. The molecule has 1 aromatic heterocycles. The number of nitrogens with one attached hydrogen (secondary N) is 2. The van der Waals surface area contributed by atoms with Crippen molar-refractivity contribution in [3.63, 3.8) is 0 Å².